The Bertz CT molecular complexity index is 638. The minimum Gasteiger partial charge on any atom is -0.334 e. The van der Waals surface area contributed by atoms with E-state index >= 15 is 0 Å². The second-order valence-electron chi connectivity index (χ2n) is 5.72. The monoisotopic (exact) mass is 328 g/mol. The molecule has 1 N–H and O–H groups in total. The minimum atomic E-state index is -2.96. The summed E-state index contributed by atoms with van der Waals surface area (Å²) in [5, 5.41) is 4.98. The van der Waals surface area contributed by atoms with Gasteiger partial charge in [-0.25, -0.2) is 13.2 Å². The molecule has 2 aliphatic heterocycles. The Hall–Kier alpha value is -1.08. The van der Waals surface area contributed by atoms with Crippen LogP contribution in [0.1, 0.15) is 36.2 Å². The number of carbonyl (C=O) groups is 1. The summed E-state index contributed by atoms with van der Waals surface area (Å²) in [4.78, 5) is 15.7. The van der Waals surface area contributed by atoms with Crippen LogP contribution < -0.4 is 5.32 Å². The van der Waals surface area contributed by atoms with Crippen molar-refractivity contribution in [3.8, 4) is 0 Å². The van der Waals surface area contributed by atoms with Gasteiger partial charge >= 0.3 is 6.03 Å². The summed E-state index contributed by atoms with van der Waals surface area (Å²) in [5.41, 5.74) is 1.25. The number of carbonyl (C=O) groups excluding carboxylic acids is 1. The maximum atomic E-state index is 12.5. The smallest absolute Gasteiger partial charge is 0.318 e. The molecule has 1 aromatic heterocycles. The highest BCUT2D eigenvalue weighted by Crippen LogP contribution is 2.35. The van der Waals surface area contributed by atoms with E-state index < -0.39 is 9.84 Å². The van der Waals surface area contributed by atoms with Gasteiger partial charge in [-0.3, -0.25) is 0 Å². The molecule has 5 nitrogen and oxygen atoms in total. The highest BCUT2D eigenvalue weighted by molar-refractivity contribution is 7.91. The third-order valence-electron chi connectivity index (χ3n) is 4.30. The van der Waals surface area contributed by atoms with Gasteiger partial charge in [-0.1, -0.05) is 6.92 Å². The molecule has 2 amide bonds. The highest BCUT2D eigenvalue weighted by atomic mass is 32.2. The van der Waals surface area contributed by atoms with Gasteiger partial charge in [0.25, 0.3) is 0 Å². The van der Waals surface area contributed by atoms with Gasteiger partial charge < -0.3 is 10.2 Å². The fraction of sp³-hybridized carbons (Fsp3) is 0.643. The number of sulfone groups is 1. The second kappa shape index (κ2) is 5.61. The van der Waals surface area contributed by atoms with Crippen LogP contribution >= 0.6 is 11.3 Å². The Morgan fingerprint density at radius 1 is 1.52 bits per heavy atom. The van der Waals surface area contributed by atoms with Crippen LogP contribution in [0.25, 0.3) is 0 Å². The topological polar surface area (TPSA) is 66.5 Å². The molecule has 3 rings (SSSR count). The molecule has 0 aromatic carbocycles. The first-order valence-electron chi connectivity index (χ1n) is 7.34. The van der Waals surface area contributed by atoms with Crippen molar-refractivity contribution in [2.24, 2.45) is 0 Å². The molecule has 7 heteroatoms. The van der Waals surface area contributed by atoms with Crippen molar-refractivity contribution in [2.75, 3.05) is 18.1 Å². The lowest BCUT2D eigenvalue weighted by atomic mass is 9.98. The Kier molecular flexibility index (Phi) is 3.96. The van der Waals surface area contributed by atoms with Crippen molar-refractivity contribution in [3.05, 3.63) is 21.9 Å². The van der Waals surface area contributed by atoms with Gasteiger partial charge in [0.2, 0.25) is 0 Å². The van der Waals surface area contributed by atoms with Gasteiger partial charge in [0.1, 0.15) is 0 Å². The molecule has 0 radical (unpaired) electrons. The van der Waals surface area contributed by atoms with E-state index in [-0.39, 0.29) is 29.6 Å². The van der Waals surface area contributed by atoms with Crippen LogP contribution in [0, 0.1) is 0 Å². The quantitative estimate of drug-likeness (QED) is 0.902. The standard InChI is InChI=1S/C14H20N2O3S2/c1-2-12-11-4-7-20-13(11)3-6-16(12)14(17)15-10-5-8-21(18,19)9-10/h4,7,10,12H,2-3,5-6,8-9H2,1H3,(H,15,17)/t10-,12+/m1/s1. The molecular weight excluding hydrogens is 308 g/mol. The molecule has 1 aromatic rings. The predicted octanol–water partition coefficient (Wildman–Crippen LogP) is 1.95. The average molecular weight is 328 g/mol. The number of thiophene rings is 1. The molecule has 0 bridgehead atoms. The minimum absolute atomic E-state index is 0.0765. The lowest BCUT2D eigenvalue weighted by molar-refractivity contribution is 0.165. The molecule has 0 aliphatic carbocycles. The zero-order chi connectivity index (χ0) is 15.0. The van der Waals surface area contributed by atoms with Gasteiger partial charge in [0, 0.05) is 17.5 Å². The first-order valence-corrected chi connectivity index (χ1v) is 10.0. The summed E-state index contributed by atoms with van der Waals surface area (Å²) < 4.78 is 23.0. The van der Waals surface area contributed by atoms with Crippen LogP contribution in [0.2, 0.25) is 0 Å². The summed E-state index contributed by atoms with van der Waals surface area (Å²) in [5.74, 6) is 0.261. The normalized spacial score (nSPS) is 27.4. The van der Waals surface area contributed by atoms with Crippen LogP contribution in [0.15, 0.2) is 11.4 Å². The number of rotatable bonds is 2. The summed E-state index contributed by atoms with van der Waals surface area (Å²) in [6, 6.07) is 1.86. The SMILES string of the molecule is CC[C@H]1c2ccsc2CCN1C(=O)N[C@@H]1CCS(=O)(=O)C1. The van der Waals surface area contributed by atoms with E-state index in [2.05, 4.69) is 23.7 Å². The van der Waals surface area contributed by atoms with Crippen LogP contribution in [-0.2, 0) is 16.3 Å². The summed E-state index contributed by atoms with van der Waals surface area (Å²) in [6.45, 7) is 2.79. The lowest BCUT2D eigenvalue weighted by Crippen LogP contribution is -2.48. The molecule has 1 fully saturated rings. The number of amides is 2. The maximum Gasteiger partial charge on any atom is 0.318 e. The number of hydrogen-bond donors (Lipinski definition) is 1. The first-order chi connectivity index (χ1) is 10.00. The molecular formula is C14H20N2O3S2. The summed E-state index contributed by atoms with van der Waals surface area (Å²) in [6.07, 6.45) is 2.29. The highest BCUT2D eigenvalue weighted by Gasteiger charge is 2.34. The van der Waals surface area contributed by atoms with E-state index in [0.29, 0.717) is 13.0 Å². The van der Waals surface area contributed by atoms with Crippen molar-refractivity contribution in [1.82, 2.24) is 10.2 Å². The number of fused-ring (bicyclic) bond motifs is 1. The molecule has 0 unspecified atom stereocenters. The third kappa shape index (κ3) is 2.94. The predicted molar refractivity (Wildman–Crippen MR) is 83.4 cm³/mol. The van der Waals surface area contributed by atoms with Gasteiger partial charge in [0.05, 0.1) is 17.5 Å². The molecule has 3 heterocycles. The molecule has 116 valence electrons. The fourth-order valence-electron chi connectivity index (χ4n) is 3.25. The van der Waals surface area contributed by atoms with Crippen molar-refractivity contribution in [3.63, 3.8) is 0 Å². The molecule has 21 heavy (non-hydrogen) atoms. The van der Waals surface area contributed by atoms with E-state index in [4.69, 9.17) is 0 Å². The van der Waals surface area contributed by atoms with Gasteiger partial charge in [-0.2, -0.15) is 0 Å². The fourth-order valence-corrected chi connectivity index (χ4v) is 5.85. The van der Waals surface area contributed by atoms with Gasteiger partial charge in [-0.15, -0.1) is 11.3 Å². The Labute approximate surface area is 129 Å². The van der Waals surface area contributed by atoms with Gasteiger partial charge in [-0.05, 0) is 36.3 Å². The molecule has 2 aliphatic rings. The van der Waals surface area contributed by atoms with Crippen LogP contribution in [0.3, 0.4) is 0 Å². The van der Waals surface area contributed by atoms with Crippen molar-refractivity contribution >= 4 is 27.2 Å². The van der Waals surface area contributed by atoms with Crippen molar-refractivity contribution < 1.29 is 13.2 Å². The average Bonchev–Trinajstić information content (AvgIpc) is 3.03. The number of nitrogens with one attached hydrogen (secondary N) is 1. The first kappa shape index (κ1) is 14.8. The molecule has 0 spiro atoms. The van der Waals surface area contributed by atoms with Crippen molar-refractivity contribution in [2.45, 2.75) is 38.3 Å². The Balaban J connectivity index is 1.70. The van der Waals surface area contributed by atoms with E-state index in [0.717, 1.165) is 12.8 Å². The van der Waals surface area contributed by atoms with E-state index in [1.165, 1.54) is 10.4 Å². The van der Waals surface area contributed by atoms with Crippen LogP contribution in [0.5, 0.6) is 0 Å². The van der Waals surface area contributed by atoms with E-state index in [1.54, 1.807) is 11.3 Å². The Morgan fingerprint density at radius 2 is 2.33 bits per heavy atom. The van der Waals surface area contributed by atoms with Crippen molar-refractivity contribution in [1.29, 1.82) is 0 Å². The zero-order valence-electron chi connectivity index (χ0n) is 12.0. The Morgan fingerprint density at radius 3 is 3.00 bits per heavy atom. The summed E-state index contributed by atoms with van der Waals surface area (Å²) >= 11 is 1.75. The molecule has 1 saturated heterocycles. The van der Waals surface area contributed by atoms with E-state index in [9.17, 15) is 13.2 Å². The van der Waals surface area contributed by atoms with Gasteiger partial charge in [0.15, 0.2) is 9.84 Å². The number of nitrogens with zero attached hydrogens (tertiary/aromatic N) is 1. The second-order valence-corrected chi connectivity index (χ2v) is 8.95. The maximum absolute atomic E-state index is 12.5. The van der Waals surface area contributed by atoms with Crippen LogP contribution in [0.4, 0.5) is 4.79 Å². The third-order valence-corrected chi connectivity index (χ3v) is 7.07. The largest absolute Gasteiger partial charge is 0.334 e. The lowest BCUT2D eigenvalue weighted by Gasteiger charge is -2.36. The van der Waals surface area contributed by atoms with Crippen LogP contribution in [-0.4, -0.2) is 43.4 Å². The number of hydrogen-bond acceptors (Lipinski definition) is 4. The molecule has 2 atom stereocenters. The van der Waals surface area contributed by atoms with E-state index in [1.807, 2.05) is 4.90 Å². The molecule has 0 saturated carbocycles. The zero-order valence-corrected chi connectivity index (χ0v) is 13.7. The summed E-state index contributed by atoms with van der Waals surface area (Å²) in [7, 11) is -2.96. The number of urea groups is 1.